The molecule has 0 bridgehead atoms. The van der Waals surface area contributed by atoms with E-state index in [9.17, 15) is 0 Å². The van der Waals surface area contributed by atoms with E-state index in [1.807, 2.05) is 6.07 Å². The summed E-state index contributed by atoms with van der Waals surface area (Å²) in [5.74, 6) is 0. The van der Waals surface area contributed by atoms with E-state index < -0.39 is 0 Å². The first kappa shape index (κ1) is 18.8. The van der Waals surface area contributed by atoms with Crippen LogP contribution in [-0.4, -0.2) is 0 Å². The largest absolute Gasteiger partial charge is 0.455 e. The van der Waals surface area contributed by atoms with E-state index in [2.05, 4.69) is 115 Å². The summed E-state index contributed by atoms with van der Waals surface area (Å²) in [6.07, 6.45) is 0. The highest BCUT2D eigenvalue weighted by atomic mass is 16.3. The van der Waals surface area contributed by atoms with Crippen LogP contribution in [0.1, 0.15) is 0 Å². The van der Waals surface area contributed by atoms with Crippen molar-refractivity contribution in [1.82, 2.24) is 0 Å². The summed E-state index contributed by atoms with van der Waals surface area (Å²) in [5.41, 5.74) is 6.62. The predicted octanol–water partition coefficient (Wildman–Crippen LogP) is 9.82. The maximum absolute atomic E-state index is 6.53. The molecule has 0 aliphatic heterocycles. The molecule has 0 saturated carbocycles. The van der Waals surface area contributed by atoms with Gasteiger partial charge in [-0.15, -0.1) is 0 Å². The molecule has 0 unspecified atom stereocenters. The number of fused-ring (bicyclic) bond motifs is 3. The Morgan fingerprint density at radius 2 is 1.06 bits per heavy atom. The third-order valence-corrected chi connectivity index (χ3v) is 7.43. The van der Waals surface area contributed by atoms with Crippen LogP contribution in [0.2, 0.25) is 0 Å². The lowest BCUT2D eigenvalue weighted by atomic mass is 9.88. The number of hydrogen-bond donors (Lipinski definition) is 0. The molecule has 0 radical (unpaired) electrons. The fourth-order valence-electron chi connectivity index (χ4n) is 5.89. The topological polar surface area (TPSA) is 13.1 Å². The minimum absolute atomic E-state index is 0.923. The van der Waals surface area contributed by atoms with Crippen LogP contribution in [0.4, 0.5) is 0 Å². The van der Waals surface area contributed by atoms with Crippen LogP contribution < -0.4 is 0 Å². The van der Waals surface area contributed by atoms with Gasteiger partial charge in [0.1, 0.15) is 11.2 Å². The van der Waals surface area contributed by atoms with Gasteiger partial charge >= 0.3 is 0 Å². The van der Waals surface area contributed by atoms with Gasteiger partial charge in [0.2, 0.25) is 0 Å². The normalized spacial score (nSPS) is 12.0. The Morgan fingerprint density at radius 1 is 0.371 bits per heavy atom. The van der Waals surface area contributed by atoms with E-state index in [1.165, 1.54) is 54.4 Å². The highest BCUT2D eigenvalue weighted by Crippen LogP contribution is 2.44. The van der Waals surface area contributed by atoms with E-state index in [-0.39, 0.29) is 0 Å². The second-order valence-electron chi connectivity index (χ2n) is 9.30. The summed E-state index contributed by atoms with van der Waals surface area (Å²) >= 11 is 0. The number of para-hydroxylation sites is 1. The van der Waals surface area contributed by atoms with Crippen molar-refractivity contribution in [1.29, 1.82) is 0 Å². The number of furan rings is 1. The molecule has 35 heavy (non-hydrogen) atoms. The van der Waals surface area contributed by atoms with Gasteiger partial charge in [0, 0.05) is 16.3 Å². The lowest BCUT2D eigenvalue weighted by Gasteiger charge is -2.14. The molecule has 0 aliphatic rings. The van der Waals surface area contributed by atoms with E-state index in [4.69, 9.17) is 4.42 Å². The van der Waals surface area contributed by atoms with E-state index in [1.54, 1.807) is 0 Å². The van der Waals surface area contributed by atoms with Gasteiger partial charge in [0.25, 0.3) is 0 Å². The summed E-state index contributed by atoms with van der Waals surface area (Å²) < 4.78 is 6.53. The van der Waals surface area contributed by atoms with Gasteiger partial charge in [0.15, 0.2) is 0 Å². The molecule has 0 fully saturated rings. The molecule has 1 nitrogen and oxygen atoms in total. The third-order valence-electron chi connectivity index (χ3n) is 7.43. The highest BCUT2D eigenvalue weighted by molar-refractivity contribution is 6.27. The summed E-state index contributed by atoms with van der Waals surface area (Å²) in [5, 5.41) is 10.2. The Balaban J connectivity index is 1.49. The number of benzene rings is 7. The van der Waals surface area contributed by atoms with Crippen LogP contribution in [0.3, 0.4) is 0 Å². The monoisotopic (exact) mass is 444 g/mol. The Bertz CT molecular complexity index is 2030. The van der Waals surface area contributed by atoms with Crippen LogP contribution in [0.5, 0.6) is 0 Å². The minimum atomic E-state index is 0.923. The first-order chi connectivity index (χ1) is 17.4. The van der Waals surface area contributed by atoms with Gasteiger partial charge in [-0.2, -0.15) is 0 Å². The van der Waals surface area contributed by atoms with Crippen molar-refractivity contribution in [2.45, 2.75) is 0 Å². The second kappa shape index (κ2) is 6.94. The number of rotatable bonds is 2. The van der Waals surface area contributed by atoms with Crippen molar-refractivity contribution >= 4 is 54.3 Å². The maximum Gasteiger partial charge on any atom is 0.143 e. The Labute approximate surface area is 202 Å². The van der Waals surface area contributed by atoms with Crippen LogP contribution in [-0.2, 0) is 0 Å². The van der Waals surface area contributed by atoms with Gasteiger partial charge in [-0.05, 0) is 55.1 Å². The number of hydrogen-bond acceptors (Lipinski definition) is 1. The van der Waals surface area contributed by atoms with E-state index in [0.29, 0.717) is 0 Å². The van der Waals surface area contributed by atoms with Crippen LogP contribution >= 0.6 is 0 Å². The molecule has 7 aromatic carbocycles. The van der Waals surface area contributed by atoms with Gasteiger partial charge in [-0.3, -0.25) is 0 Å². The van der Waals surface area contributed by atoms with Crippen molar-refractivity contribution in [2.75, 3.05) is 0 Å². The Hall–Kier alpha value is -4.62. The molecule has 0 atom stereocenters. The minimum Gasteiger partial charge on any atom is -0.455 e. The fourth-order valence-corrected chi connectivity index (χ4v) is 5.89. The molecule has 1 heterocycles. The molecule has 8 aromatic rings. The third kappa shape index (κ3) is 2.58. The lowest BCUT2D eigenvalue weighted by molar-refractivity contribution is 0.670. The molecule has 0 spiro atoms. The summed E-state index contributed by atoms with van der Waals surface area (Å²) in [4.78, 5) is 0. The van der Waals surface area contributed by atoms with Crippen molar-refractivity contribution in [2.24, 2.45) is 0 Å². The molecule has 0 aliphatic carbocycles. The van der Waals surface area contributed by atoms with Crippen LogP contribution in [0, 0.1) is 0 Å². The van der Waals surface area contributed by atoms with Gasteiger partial charge in [-0.1, -0.05) is 115 Å². The van der Waals surface area contributed by atoms with Gasteiger partial charge in [-0.25, -0.2) is 0 Å². The molecule has 8 rings (SSSR count). The van der Waals surface area contributed by atoms with Gasteiger partial charge < -0.3 is 4.42 Å². The quantitative estimate of drug-likeness (QED) is 0.242. The van der Waals surface area contributed by atoms with Crippen molar-refractivity contribution in [3.8, 4) is 22.3 Å². The summed E-state index contributed by atoms with van der Waals surface area (Å²) in [7, 11) is 0. The standard InChI is InChI=1S/C34H20O/c1-2-7-21(8-3-1)25-11-5-13-29-33-27(12-6-14-30(33)35-34(25)29)26-19-17-24-16-15-22-9-4-10-23-18-20-28(26)32(24)31(22)23/h1-20H. The van der Waals surface area contributed by atoms with Gasteiger partial charge in [0.05, 0.1) is 0 Å². The molecule has 1 aromatic heterocycles. The first-order valence-corrected chi connectivity index (χ1v) is 12.0. The molecular weight excluding hydrogens is 424 g/mol. The van der Waals surface area contributed by atoms with E-state index >= 15 is 0 Å². The molecule has 1 heteroatoms. The van der Waals surface area contributed by atoms with E-state index in [0.717, 1.165) is 22.1 Å². The molecule has 0 amide bonds. The average molecular weight is 445 g/mol. The maximum atomic E-state index is 6.53. The predicted molar refractivity (Wildman–Crippen MR) is 148 cm³/mol. The van der Waals surface area contributed by atoms with Crippen molar-refractivity contribution < 1.29 is 4.42 Å². The summed E-state index contributed by atoms with van der Waals surface area (Å²) in [6, 6.07) is 43.5. The molecular formula is C34H20O. The highest BCUT2D eigenvalue weighted by Gasteiger charge is 2.18. The molecule has 0 N–H and O–H groups in total. The fraction of sp³-hybridized carbons (Fsp3) is 0. The Morgan fingerprint density at radius 3 is 1.91 bits per heavy atom. The average Bonchev–Trinajstić information content (AvgIpc) is 3.31. The van der Waals surface area contributed by atoms with Crippen molar-refractivity contribution in [3.05, 3.63) is 121 Å². The lowest BCUT2D eigenvalue weighted by Crippen LogP contribution is -1.87. The van der Waals surface area contributed by atoms with Crippen LogP contribution in [0.15, 0.2) is 126 Å². The van der Waals surface area contributed by atoms with Crippen LogP contribution in [0.25, 0.3) is 76.5 Å². The molecule has 162 valence electrons. The van der Waals surface area contributed by atoms with Crippen molar-refractivity contribution in [3.63, 3.8) is 0 Å². The zero-order valence-corrected chi connectivity index (χ0v) is 19.0. The Kier molecular flexibility index (Phi) is 3.72. The zero-order chi connectivity index (χ0) is 22.9. The summed E-state index contributed by atoms with van der Waals surface area (Å²) in [6.45, 7) is 0. The second-order valence-corrected chi connectivity index (χ2v) is 9.30. The molecule has 0 saturated heterocycles. The zero-order valence-electron chi connectivity index (χ0n) is 19.0. The SMILES string of the molecule is c1ccc(-c2cccc3c2oc2cccc(-c4ccc5ccc6cccc7ccc4c5c67)c23)cc1. The first-order valence-electron chi connectivity index (χ1n) is 12.0. The smallest absolute Gasteiger partial charge is 0.143 e.